The van der Waals surface area contributed by atoms with E-state index in [0.29, 0.717) is 12.2 Å². The van der Waals surface area contributed by atoms with Gasteiger partial charge < -0.3 is 9.80 Å². The number of nitrogens with zero attached hydrogens (tertiary/aromatic N) is 2. The molecule has 1 amide bonds. The zero-order chi connectivity index (χ0) is 16.2. The third kappa shape index (κ3) is 5.11. The van der Waals surface area contributed by atoms with E-state index in [1.807, 2.05) is 26.0 Å². The number of anilines is 1. The van der Waals surface area contributed by atoms with Crippen molar-refractivity contribution in [1.82, 2.24) is 0 Å². The maximum absolute atomic E-state index is 12.5. The topological polar surface area (TPSA) is 33.5 Å². The van der Waals surface area contributed by atoms with Gasteiger partial charge in [0.15, 0.2) is 12.2 Å². The molecule has 0 atom stereocenters. The summed E-state index contributed by atoms with van der Waals surface area (Å²) in [6.45, 7) is 17.0. The van der Waals surface area contributed by atoms with Crippen molar-refractivity contribution < 1.29 is 42.0 Å². The van der Waals surface area contributed by atoms with E-state index in [4.69, 9.17) is 6.57 Å². The van der Waals surface area contributed by atoms with Gasteiger partial charge in [0, 0.05) is 38.4 Å². The second kappa shape index (κ2) is 8.92. The number of quaternary nitrogens is 1. The average molecular weight is 389 g/mol. The number of hydrogen-bond donors (Lipinski definition) is 1. The van der Waals surface area contributed by atoms with E-state index in [1.54, 1.807) is 0 Å². The molecule has 0 bridgehead atoms. The van der Waals surface area contributed by atoms with Crippen LogP contribution in [0.4, 0.5) is 11.4 Å². The Morgan fingerprint density at radius 3 is 2.26 bits per heavy atom. The van der Waals surface area contributed by atoms with Crippen LogP contribution in [-0.2, 0) is 37.5 Å². The van der Waals surface area contributed by atoms with Gasteiger partial charge in [-0.3, -0.25) is 4.79 Å². The van der Waals surface area contributed by atoms with Gasteiger partial charge in [-0.1, -0.05) is 12.1 Å². The molecule has 1 aromatic carbocycles. The minimum absolute atomic E-state index is 0. The minimum Gasteiger partial charge on any atom is -0.321 e. The molecular weight excluding hydrogens is 363 g/mol. The second-order valence-corrected chi connectivity index (χ2v) is 6.44. The van der Waals surface area contributed by atoms with Crippen LogP contribution in [0.5, 0.6) is 0 Å². The number of piperidine rings is 1. The molecule has 1 heterocycles. The first kappa shape index (κ1) is 20.3. The number of benzene rings is 1. The number of likely N-dealkylation sites (tertiary alicyclic amines) is 1. The van der Waals surface area contributed by atoms with Crippen molar-refractivity contribution >= 4 is 17.3 Å². The van der Waals surface area contributed by atoms with Gasteiger partial charge in [-0.2, -0.15) is 0 Å². The second-order valence-electron chi connectivity index (χ2n) is 6.44. The molecule has 1 fully saturated rings. The van der Waals surface area contributed by atoms with Crippen LogP contribution in [0.15, 0.2) is 12.1 Å². The van der Waals surface area contributed by atoms with Crippen LogP contribution >= 0.6 is 0 Å². The first-order chi connectivity index (χ1) is 10.5. The number of hydrogen-bond acceptors (Lipinski definition) is 1. The van der Waals surface area contributed by atoms with E-state index in [9.17, 15) is 4.79 Å². The smallest absolute Gasteiger partial charge is 0.279 e. The minimum atomic E-state index is 0. The number of likely N-dealkylation sites (N-methyl/N-ethyl adjacent to an activating group) is 1. The summed E-state index contributed by atoms with van der Waals surface area (Å²) in [7, 11) is 0. The van der Waals surface area contributed by atoms with Gasteiger partial charge in [0.25, 0.3) is 5.91 Å². The first-order valence-electron chi connectivity index (χ1n) is 8.13. The zero-order valence-electron chi connectivity index (χ0n) is 14.5. The van der Waals surface area contributed by atoms with Gasteiger partial charge in [-0.25, -0.2) is 4.85 Å². The number of rotatable bonds is 4. The van der Waals surface area contributed by atoms with Crippen LogP contribution in [0.3, 0.4) is 0 Å². The molecule has 1 saturated heterocycles. The Labute approximate surface area is 164 Å². The number of carbonyl (C=O) groups excluding carboxylic acids is 1. The largest absolute Gasteiger partial charge is 0.321 e. The van der Waals surface area contributed by atoms with Crippen LogP contribution < -0.4 is 5.32 Å². The summed E-state index contributed by atoms with van der Waals surface area (Å²) in [5.41, 5.74) is 3.41. The van der Waals surface area contributed by atoms with Crippen molar-refractivity contribution in [3.8, 4) is 0 Å². The van der Waals surface area contributed by atoms with Crippen molar-refractivity contribution in [3.05, 3.63) is 34.7 Å². The molecule has 4 nitrogen and oxygen atoms in total. The summed E-state index contributed by atoms with van der Waals surface area (Å²) in [6, 6.07) is 3.67. The summed E-state index contributed by atoms with van der Waals surface area (Å²) in [5, 5.41) is 3.08. The monoisotopic (exact) mass is 389 g/mol. The van der Waals surface area contributed by atoms with Crippen LogP contribution in [0.25, 0.3) is 4.85 Å². The van der Waals surface area contributed by atoms with E-state index in [-0.39, 0.29) is 38.6 Å². The number of carbonyl (C=O) groups is 1. The van der Waals surface area contributed by atoms with Crippen molar-refractivity contribution in [2.24, 2.45) is 0 Å². The fourth-order valence-electron chi connectivity index (χ4n) is 3.46. The summed E-state index contributed by atoms with van der Waals surface area (Å²) in [6.07, 6.45) is 3.73. The maximum atomic E-state index is 12.5. The SMILES string of the molecule is [C-]#[N+]c1cc(C)c(NC(=O)C[N+]2(CC)CCCCC2)c(C)c1.[Y]. The number of amides is 1. The van der Waals surface area contributed by atoms with Crippen LogP contribution in [0.1, 0.15) is 37.3 Å². The fraction of sp³-hybridized carbons (Fsp3) is 0.556. The molecule has 2 rings (SSSR count). The van der Waals surface area contributed by atoms with Crippen molar-refractivity contribution in [2.75, 3.05) is 31.5 Å². The summed E-state index contributed by atoms with van der Waals surface area (Å²) in [4.78, 5) is 16.0. The Kier molecular flexibility index (Phi) is 7.87. The summed E-state index contributed by atoms with van der Waals surface area (Å²) >= 11 is 0. The zero-order valence-corrected chi connectivity index (χ0v) is 17.3. The fourth-order valence-corrected chi connectivity index (χ4v) is 3.46. The molecule has 23 heavy (non-hydrogen) atoms. The average Bonchev–Trinajstić information content (AvgIpc) is 2.51. The molecule has 0 aliphatic carbocycles. The van der Waals surface area contributed by atoms with Gasteiger partial charge in [0.05, 0.1) is 26.2 Å². The molecular formula is C18H26N3OY+. The molecule has 0 saturated carbocycles. The molecule has 5 heteroatoms. The van der Waals surface area contributed by atoms with Gasteiger partial charge in [-0.15, -0.1) is 0 Å². The molecule has 121 valence electrons. The van der Waals surface area contributed by atoms with Gasteiger partial charge >= 0.3 is 0 Å². The van der Waals surface area contributed by atoms with Crippen molar-refractivity contribution in [3.63, 3.8) is 0 Å². The standard InChI is InChI=1S/C18H25N3O.Y/c1-5-21(9-7-6-8-10-21)13-17(22)20-18-14(2)11-16(19-4)12-15(18)3;/h11-12H,5-10,13H2,1-3H3;/p+1. The first-order valence-corrected chi connectivity index (χ1v) is 8.13. The van der Waals surface area contributed by atoms with E-state index in [2.05, 4.69) is 17.1 Å². The Hall–Kier alpha value is -0.756. The molecule has 0 aromatic heterocycles. The molecule has 0 spiro atoms. The summed E-state index contributed by atoms with van der Waals surface area (Å²) < 4.78 is 0.907. The Bertz CT molecular complexity index is 578. The van der Waals surface area contributed by atoms with Gasteiger partial charge in [0.2, 0.25) is 0 Å². The molecule has 1 radical (unpaired) electrons. The normalized spacial score (nSPS) is 16.1. The summed E-state index contributed by atoms with van der Waals surface area (Å²) in [5.74, 6) is 0.0884. The Morgan fingerprint density at radius 1 is 1.22 bits per heavy atom. The number of nitrogens with one attached hydrogen (secondary N) is 1. The van der Waals surface area contributed by atoms with E-state index < -0.39 is 0 Å². The van der Waals surface area contributed by atoms with Crippen LogP contribution in [-0.4, -0.2) is 36.6 Å². The third-order valence-electron chi connectivity index (χ3n) is 4.83. The quantitative estimate of drug-likeness (QED) is 0.617. The maximum Gasteiger partial charge on any atom is 0.279 e. The predicted molar refractivity (Wildman–Crippen MR) is 90.1 cm³/mol. The van der Waals surface area contributed by atoms with Crippen LogP contribution in [0.2, 0.25) is 0 Å². The van der Waals surface area contributed by atoms with E-state index in [1.165, 1.54) is 19.3 Å². The molecule has 1 aliphatic rings. The molecule has 0 unspecified atom stereocenters. The molecule has 1 N–H and O–H groups in total. The van der Waals surface area contributed by atoms with Crippen LogP contribution in [0, 0.1) is 20.4 Å². The molecule has 1 aromatic rings. The van der Waals surface area contributed by atoms with E-state index >= 15 is 0 Å². The van der Waals surface area contributed by atoms with Gasteiger partial charge in [-0.05, 0) is 51.2 Å². The van der Waals surface area contributed by atoms with Crippen molar-refractivity contribution in [1.29, 1.82) is 0 Å². The Balaban J connectivity index is 0.00000264. The predicted octanol–water partition coefficient (Wildman–Crippen LogP) is 3.81. The third-order valence-corrected chi connectivity index (χ3v) is 4.83. The molecule has 1 aliphatic heterocycles. The number of aryl methyl sites for hydroxylation is 2. The van der Waals surface area contributed by atoms with Crippen molar-refractivity contribution in [2.45, 2.75) is 40.0 Å². The van der Waals surface area contributed by atoms with Gasteiger partial charge in [0.1, 0.15) is 0 Å². The Morgan fingerprint density at radius 2 is 1.78 bits per heavy atom. The van der Waals surface area contributed by atoms with E-state index in [0.717, 1.165) is 40.9 Å².